The maximum Gasteiger partial charge on any atom is 0.417 e. The number of hydrogen-bond acceptors (Lipinski definition) is 2. The van der Waals surface area contributed by atoms with Gasteiger partial charge in [0.15, 0.2) is 0 Å². The van der Waals surface area contributed by atoms with Gasteiger partial charge < -0.3 is 5.32 Å². The van der Waals surface area contributed by atoms with Crippen molar-refractivity contribution >= 4 is 11.6 Å². The Labute approximate surface area is 141 Å². The van der Waals surface area contributed by atoms with Crippen LogP contribution in [0.25, 0.3) is 0 Å². The molecule has 0 bridgehead atoms. The summed E-state index contributed by atoms with van der Waals surface area (Å²) in [6.45, 7) is 7.95. The number of piperazine rings is 1. The fourth-order valence-electron chi connectivity index (χ4n) is 3.01. The first-order valence-electron chi connectivity index (χ1n) is 8.10. The number of nitrogens with zero attached hydrogens (tertiary/aromatic N) is 1. The lowest BCUT2D eigenvalue weighted by atomic mass is 9.95. The third-order valence-corrected chi connectivity index (χ3v) is 4.61. The number of nitrogens with one attached hydrogen (secondary N) is 1. The summed E-state index contributed by atoms with van der Waals surface area (Å²) in [6, 6.07) is 4.32. The van der Waals surface area contributed by atoms with Crippen molar-refractivity contribution < 1.29 is 13.2 Å². The summed E-state index contributed by atoms with van der Waals surface area (Å²) in [4.78, 5) is 2.35. The van der Waals surface area contributed by atoms with Gasteiger partial charge in [0.05, 0.1) is 10.6 Å². The zero-order valence-electron chi connectivity index (χ0n) is 13.6. The molecule has 1 heterocycles. The Kier molecular flexibility index (Phi) is 6.34. The quantitative estimate of drug-likeness (QED) is 0.826. The average molecular weight is 349 g/mol. The van der Waals surface area contributed by atoms with Gasteiger partial charge in [-0.15, -0.1) is 0 Å². The van der Waals surface area contributed by atoms with E-state index in [1.54, 1.807) is 6.07 Å². The molecule has 0 aromatic heterocycles. The molecule has 1 aliphatic heterocycles. The first-order chi connectivity index (χ1) is 10.8. The van der Waals surface area contributed by atoms with Crippen LogP contribution < -0.4 is 5.32 Å². The number of halogens is 4. The molecule has 0 aliphatic carbocycles. The predicted molar refractivity (Wildman–Crippen MR) is 87.7 cm³/mol. The number of hydrogen-bond donors (Lipinski definition) is 1. The molecule has 1 atom stereocenters. The summed E-state index contributed by atoms with van der Waals surface area (Å²) >= 11 is 5.91. The summed E-state index contributed by atoms with van der Waals surface area (Å²) in [5, 5.41) is 3.10. The molecule has 1 aromatic rings. The van der Waals surface area contributed by atoms with Gasteiger partial charge in [0.2, 0.25) is 0 Å². The van der Waals surface area contributed by atoms with Gasteiger partial charge in [-0.05, 0) is 36.5 Å². The Balaban J connectivity index is 2.25. The van der Waals surface area contributed by atoms with Crippen molar-refractivity contribution in [3.05, 3.63) is 34.3 Å². The van der Waals surface area contributed by atoms with Crippen molar-refractivity contribution in [2.75, 3.05) is 26.2 Å². The Hall–Kier alpha value is -0.780. The number of benzene rings is 1. The molecule has 1 saturated heterocycles. The van der Waals surface area contributed by atoms with Crippen LogP contribution in [-0.4, -0.2) is 31.1 Å². The van der Waals surface area contributed by atoms with Gasteiger partial charge in [0.1, 0.15) is 0 Å². The Morgan fingerprint density at radius 1 is 1.17 bits per heavy atom. The summed E-state index contributed by atoms with van der Waals surface area (Å²) in [7, 11) is 0. The van der Waals surface area contributed by atoms with Gasteiger partial charge in [0.25, 0.3) is 0 Å². The average Bonchev–Trinajstić information content (AvgIpc) is 2.47. The van der Waals surface area contributed by atoms with Crippen molar-refractivity contribution in [1.29, 1.82) is 0 Å². The van der Waals surface area contributed by atoms with Crippen LogP contribution in [-0.2, 0) is 6.18 Å². The van der Waals surface area contributed by atoms with Crippen LogP contribution in [0.15, 0.2) is 18.2 Å². The molecule has 1 fully saturated rings. The molecule has 23 heavy (non-hydrogen) atoms. The van der Waals surface area contributed by atoms with Gasteiger partial charge in [-0.3, -0.25) is 4.90 Å². The van der Waals surface area contributed by atoms with Crippen LogP contribution >= 0.6 is 11.6 Å². The molecule has 0 radical (unpaired) electrons. The topological polar surface area (TPSA) is 15.3 Å². The zero-order chi connectivity index (χ0) is 17.0. The third-order valence-electron chi connectivity index (χ3n) is 4.29. The summed E-state index contributed by atoms with van der Waals surface area (Å²) in [5.41, 5.74) is 0.122. The largest absolute Gasteiger partial charge is 0.417 e. The lowest BCUT2D eigenvalue weighted by Crippen LogP contribution is -2.45. The van der Waals surface area contributed by atoms with E-state index in [0.29, 0.717) is 5.92 Å². The van der Waals surface area contributed by atoms with E-state index < -0.39 is 11.7 Å². The SMILES string of the molecule is CC(C)CC[C@@H](c1ccc(C(F)(F)F)c(Cl)c1)N1CCNCC1. The molecule has 0 saturated carbocycles. The first kappa shape index (κ1) is 18.6. The molecule has 6 heteroatoms. The van der Waals surface area contributed by atoms with Gasteiger partial charge in [-0.1, -0.05) is 31.5 Å². The van der Waals surface area contributed by atoms with E-state index in [1.807, 2.05) is 0 Å². The van der Waals surface area contributed by atoms with Gasteiger partial charge in [0, 0.05) is 32.2 Å². The summed E-state index contributed by atoms with van der Waals surface area (Å²) in [5.74, 6) is 0.560. The molecule has 1 aromatic carbocycles. The lowest BCUT2D eigenvalue weighted by Gasteiger charge is -2.36. The zero-order valence-corrected chi connectivity index (χ0v) is 14.3. The molecule has 1 N–H and O–H groups in total. The highest BCUT2D eigenvalue weighted by Crippen LogP contribution is 2.37. The normalized spacial score (nSPS) is 18.4. The monoisotopic (exact) mass is 348 g/mol. The molecule has 0 amide bonds. The van der Waals surface area contributed by atoms with E-state index in [9.17, 15) is 13.2 Å². The fraction of sp³-hybridized carbons (Fsp3) is 0.647. The minimum atomic E-state index is -4.40. The molecular weight excluding hydrogens is 325 g/mol. The van der Waals surface area contributed by atoms with Gasteiger partial charge in [-0.2, -0.15) is 13.2 Å². The van der Waals surface area contributed by atoms with Gasteiger partial charge >= 0.3 is 6.18 Å². The highest BCUT2D eigenvalue weighted by Gasteiger charge is 2.33. The predicted octanol–water partition coefficient (Wildman–Crippen LogP) is 4.74. The van der Waals surface area contributed by atoms with Crippen LogP contribution in [0.5, 0.6) is 0 Å². The highest BCUT2D eigenvalue weighted by atomic mass is 35.5. The van der Waals surface area contributed by atoms with Crippen molar-refractivity contribution in [3.63, 3.8) is 0 Å². The maximum absolute atomic E-state index is 12.9. The van der Waals surface area contributed by atoms with Crippen molar-refractivity contribution in [1.82, 2.24) is 10.2 Å². The maximum atomic E-state index is 12.9. The summed E-state index contributed by atoms with van der Waals surface area (Å²) < 4.78 is 38.7. The van der Waals surface area contributed by atoms with E-state index in [0.717, 1.165) is 50.7 Å². The van der Waals surface area contributed by atoms with Crippen LogP contribution in [0, 0.1) is 5.92 Å². The highest BCUT2D eigenvalue weighted by molar-refractivity contribution is 6.31. The standard InChI is InChI=1S/C17H24ClF3N2/c1-12(2)3-6-16(23-9-7-22-8-10-23)13-4-5-14(15(18)11-13)17(19,20)21/h4-5,11-12,16,22H,3,6-10H2,1-2H3/t16-/m0/s1. The number of rotatable bonds is 5. The minimum absolute atomic E-state index is 0.124. The van der Waals surface area contributed by atoms with E-state index in [2.05, 4.69) is 24.1 Å². The van der Waals surface area contributed by atoms with E-state index in [-0.39, 0.29) is 11.1 Å². The third kappa shape index (κ3) is 5.10. The van der Waals surface area contributed by atoms with Crippen molar-refractivity contribution in [3.8, 4) is 0 Å². The Bertz CT molecular complexity index is 511. The van der Waals surface area contributed by atoms with E-state index in [1.165, 1.54) is 6.07 Å². The molecule has 130 valence electrons. The van der Waals surface area contributed by atoms with E-state index in [4.69, 9.17) is 11.6 Å². The second-order valence-corrected chi connectivity index (χ2v) is 6.92. The van der Waals surface area contributed by atoms with Crippen LogP contribution in [0.1, 0.15) is 43.9 Å². The number of alkyl halides is 3. The van der Waals surface area contributed by atoms with Crippen LogP contribution in [0.2, 0.25) is 5.02 Å². The van der Waals surface area contributed by atoms with Crippen molar-refractivity contribution in [2.24, 2.45) is 5.92 Å². The molecule has 2 nitrogen and oxygen atoms in total. The molecular formula is C17H24ClF3N2. The van der Waals surface area contributed by atoms with Crippen LogP contribution in [0.3, 0.4) is 0 Å². The smallest absolute Gasteiger partial charge is 0.314 e. The Morgan fingerprint density at radius 3 is 2.35 bits per heavy atom. The summed E-state index contributed by atoms with van der Waals surface area (Å²) in [6.07, 6.45) is -2.44. The van der Waals surface area contributed by atoms with Crippen LogP contribution in [0.4, 0.5) is 13.2 Å². The molecule has 1 aliphatic rings. The minimum Gasteiger partial charge on any atom is -0.314 e. The molecule has 2 rings (SSSR count). The van der Waals surface area contributed by atoms with Gasteiger partial charge in [-0.25, -0.2) is 0 Å². The molecule has 0 unspecified atom stereocenters. The first-order valence-corrected chi connectivity index (χ1v) is 8.48. The second kappa shape index (κ2) is 7.86. The second-order valence-electron chi connectivity index (χ2n) is 6.51. The lowest BCUT2D eigenvalue weighted by molar-refractivity contribution is -0.137. The Morgan fingerprint density at radius 2 is 1.83 bits per heavy atom. The molecule has 0 spiro atoms. The fourth-order valence-corrected chi connectivity index (χ4v) is 3.31. The van der Waals surface area contributed by atoms with E-state index >= 15 is 0 Å². The van der Waals surface area contributed by atoms with Crippen molar-refractivity contribution in [2.45, 2.75) is 38.9 Å².